The number of alkyl halides is 1. The SMILES string of the molecule is Cc1ccc(C(CBr)OCC2CCCC2)cc1. The van der Waals surface area contributed by atoms with Crippen molar-refractivity contribution in [3.05, 3.63) is 35.4 Å². The van der Waals surface area contributed by atoms with Crippen molar-refractivity contribution in [2.45, 2.75) is 38.7 Å². The Morgan fingerprint density at radius 1 is 1.24 bits per heavy atom. The minimum atomic E-state index is 0.205. The van der Waals surface area contributed by atoms with E-state index in [1.165, 1.54) is 36.8 Å². The highest BCUT2D eigenvalue weighted by Crippen LogP contribution is 2.28. The summed E-state index contributed by atoms with van der Waals surface area (Å²) in [6.45, 7) is 3.04. The molecule has 0 amide bonds. The summed E-state index contributed by atoms with van der Waals surface area (Å²) in [4.78, 5) is 0. The number of rotatable bonds is 5. The van der Waals surface area contributed by atoms with Crippen LogP contribution in [0.25, 0.3) is 0 Å². The van der Waals surface area contributed by atoms with E-state index >= 15 is 0 Å². The Hall–Kier alpha value is -0.340. The van der Waals surface area contributed by atoms with Gasteiger partial charge in [-0.15, -0.1) is 0 Å². The normalized spacial score (nSPS) is 18.5. The molecule has 94 valence electrons. The van der Waals surface area contributed by atoms with Gasteiger partial charge in [0.05, 0.1) is 12.7 Å². The van der Waals surface area contributed by atoms with Crippen LogP contribution in [0.2, 0.25) is 0 Å². The molecule has 0 aromatic heterocycles. The van der Waals surface area contributed by atoms with Crippen LogP contribution in [0.4, 0.5) is 0 Å². The largest absolute Gasteiger partial charge is 0.372 e. The summed E-state index contributed by atoms with van der Waals surface area (Å²) < 4.78 is 6.05. The second-order valence-corrected chi connectivity index (χ2v) is 5.68. The van der Waals surface area contributed by atoms with Crippen molar-refractivity contribution in [3.8, 4) is 0 Å². The van der Waals surface area contributed by atoms with Gasteiger partial charge in [-0.3, -0.25) is 0 Å². The van der Waals surface area contributed by atoms with Crippen LogP contribution in [-0.4, -0.2) is 11.9 Å². The fourth-order valence-corrected chi connectivity index (χ4v) is 3.00. The van der Waals surface area contributed by atoms with Crippen LogP contribution in [0.3, 0.4) is 0 Å². The Labute approximate surface area is 113 Å². The average Bonchev–Trinajstić information content (AvgIpc) is 2.85. The van der Waals surface area contributed by atoms with Crippen molar-refractivity contribution < 1.29 is 4.74 Å². The lowest BCUT2D eigenvalue weighted by Gasteiger charge is -2.18. The van der Waals surface area contributed by atoms with Crippen molar-refractivity contribution in [1.82, 2.24) is 0 Å². The molecule has 1 aliphatic carbocycles. The summed E-state index contributed by atoms with van der Waals surface area (Å²) in [5.74, 6) is 0.794. The molecule has 0 N–H and O–H groups in total. The van der Waals surface area contributed by atoms with Gasteiger partial charge in [-0.25, -0.2) is 0 Å². The number of hydrogen-bond donors (Lipinski definition) is 0. The van der Waals surface area contributed by atoms with Gasteiger partial charge in [0.25, 0.3) is 0 Å². The molecule has 1 nitrogen and oxygen atoms in total. The Bertz CT molecular complexity index is 327. The van der Waals surface area contributed by atoms with E-state index in [-0.39, 0.29) is 6.10 Å². The van der Waals surface area contributed by atoms with E-state index in [9.17, 15) is 0 Å². The summed E-state index contributed by atoms with van der Waals surface area (Å²) in [7, 11) is 0. The first kappa shape index (κ1) is 13.1. The van der Waals surface area contributed by atoms with E-state index in [2.05, 4.69) is 47.1 Å². The van der Waals surface area contributed by atoms with Crippen LogP contribution in [0.5, 0.6) is 0 Å². The summed E-state index contributed by atoms with van der Waals surface area (Å²) in [5.41, 5.74) is 2.59. The molecule has 0 spiro atoms. The molecule has 0 aliphatic heterocycles. The van der Waals surface area contributed by atoms with Crippen LogP contribution in [-0.2, 0) is 4.74 Å². The molecule has 0 heterocycles. The minimum absolute atomic E-state index is 0.205. The molecule has 2 heteroatoms. The van der Waals surface area contributed by atoms with E-state index in [1.807, 2.05) is 0 Å². The monoisotopic (exact) mass is 296 g/mol. The third-order valence-corrected chi connectivity index (χ3v) is 4.19. The van der Waals surface area contributed by atoms with E-state index < -0.39 is 0 Å². The standard InChI is InChI=1S/C15H21BrO/c1-12-6-8-14(9-7-12)15(10-16)17-11-13-4-2-3-5-13/h6-9,13,15H,2-5,10-11H2,1H3. The summed E-state index contributed by atoms with van der Waals surface area (Å²) in [6, 6.07) is 8.67. The van der Waals surface area contributed by atoms with Crippen molar-refractivity contribution in [3.63, 3.8) is 0 Å². The van der Waals surface area contributed by atoms with Gasteiger partial charge >= 0.3 is 0 Å². The highest BCUT2D eigenvalue weighted by molar-refractivity contribution is 9.09. The van der Waals surface area contributed by atoms with Crippen molar-refractivity contribution in [2.24, 2.45) is 5.92 Å². The van der Waals surface area contributed by atoms with E-state index in [1.54, 1.807) is 0 Å². The van der Waals surface area contributed by atoms with Crippen molar-refractivity contribution in [2.75, 3.05) is 11.9 Å². The van der Waals surface area contributed by atoms with Gasteiger partial charge in [-0.05, 0) is 31.2 Å². The number of benzene rings is 1. The summed E-state index contributed by atoms with van der Waals surface area (Å²) in [5, 5.41) is 0.878. The first-order valence-corrected chi connectivity index (χ1v) is 7.66. The van der Waals surface area contributed by atoms with E-state index in [0.29, 0.717) is 0 Å². The zero-order valence-electron chi connectivity index (χ0n) is 10.5. The lowest BCUT2D eigenvalue weighted by Crippen LogP contribution is -2.12. The van der Waals surface area contributed by atoms with Gasteiger partial charge in [-0.1, -0.05) is 58.6 Å². The number of aryl methyl sites for hydroxylation is 1. The maximum Gasteiger partial charge on any atom is 0.0921 e. The van der Waals surface area contributed by atoms with Crippen LogP contribution < -0.4 is 0 Å². The highest BCUT2D eigenvalue weighted by Gasteiger charge is 2.18. The second-order valence-electron chi connectivity index (χ2n) is 5.04. The van der Waals surface area contributed by atoms with Crippen LogP contribution in [0, 0.1) is 12.8 Å². The van der Waals surface area contributed by atoms with Gasteiger partial charge < -0.3 is 4.74 Å². The van der Waals surface area contributed by atoms with E-state index in [4.69, 9.17) is 4.74 Å². The quantitative estimate of drug-likeness (QED) is 0.720. The van der Waals surface area contributed by atoms with Gasteiger partial charge in [0.15, 0.2) is 0 Å². The predicted molar refractivity (Wildman–Crippen MR) is 75.6 cm³/mol. The van der Waals surface area contributed by atoms with Gasteiger partial charge in [0, 0.05) is 5.33 Å². The molecule has 1 aromatic rings. The maximum absolute atomic E-state index is 6.05. The molecule has 1 fully saturated rings. The topological polar surface area (TPSA) is 9.23 Å². The van der Waals surface area contributed by atoms with Crippen molar-refractivity contribution in [1.29, 1.82) is 0 Å². The maximum atomic E-state index is 6.05. The smallest absolute Gasteiger partial charge is 0.0921 e. The molecule has 1 aromatic carbocycles. The number of ether oxygens (including phenoxy) is 1. The van der Waals surface area contributed by atoms with Gasteiger partial charge in [-0.2, -0.15) is 0 Å². The first-order valence-electron chi connectivity index (χ1n) is 6.53. The number of hydrogen-bond acceptors (Lipinski definition) is 1. The minimum Gasteiger partial charge on any atom is -0.372 e. The molecule has 1 aliphatic rings. The van der Waals surface area contributed by atoms with Gasteiger partial charge in [0.2, 0.25) is 0 Å². The molecule has 0 bridgehead atoms. The van der Waals surface area contributed by atoms with Crippen molar-refractivity contribution >= 4 is 15.9 Å². The zero-order chi connectivity index (χ0) is 12.1. The Balaban J connectivity index is 1.89. The molecular weight excluding hydrogens is 276 g/mol. The van der Waals surface area contributed by atoms with Crippen LogP contribution >= 0.6 is 15.9 Å². The summed E-state index contributed by atoms with van der Waals surface area (Å²) in [6.07, 6.45) is 5.68. The Morgan fingerprint density at radius 3 is 2.47 bits per heavy atom. The molecule has 1 atom stereocenters. The first-order chi connectivity index (χ1) is 8.29. The van der Waals surface area contributed by atoms with E-state index in [0.717, 1.165) is 17.9 Å². The predicted octanol–water partition coefficient (Wildman–Crippen LogP) is 4.64. The molecule has 17 heavy (non-hydrogen) atoms. The number of halogens is 1. The highest BCUT2D eigenvalue weighted by atomic mass is 79.9. The second kappa shape index (κ2) is 6.55. The molecule has 1 unspecified atom stereocenters. The fourth-order valence-electron chi connectivity index (χ4n) is 2.44. The zero-order valence-corrected chi connectivity index (χ0v) is 12.1. The third-order valence-electron chi connectivity index (χ3n) is 3.60. The fraction of sp³-hybridized carbons (Fsp3) is 0.600. The summed E-state index contributed by atoms with van der Waals surface area (Å²) >= 11 is 3.56. The Kier molecular flexibility index (Phi) is 5.05. The molecule has 0 saturated heterocycles. The average molecular weight is 297 g/mol. The van der Waals surface area contributed by atoms with Gasteiger partial charge in [0.1, 0.15) is 0 Å². The van der Waals surface area contributed by atoms with Crippen LogP contribution in [0.15, 0.2) is 24.3 Å². The van der Waals surface area contributed by atoms with Crippen LogP contribution in [0.1, 0.15) is 42.9 Å². The third kappa shape index (κ3) is 3.82. The molecule has 2 rings (SSSR count). The molecular formula is C15H21BrO. The Morgan fingerprint density at radius 2 is 1.88 bits per heavy atom. The molecule has 0 radical (unpaired) electrons. The lowest BCUT2D eigenvalue weighted by molar-refractivity contribution is 0.0444. The lowest BCUT2D eigenvalue weighted by atomic mass is 10.1. The molecule has 1 saturated carbocycles.